The van der Waals surface area contributed by atoms with Gasteiger partial charge in [0.15, 0.2) is 5.75 Å². The van der Waals surface area contributed by atoms with E-state index in [1.807, 2.05) is 30.3 Å². The minimum atomic E-state index is -0.101. The summed E-state index contributed by atoms with van der Waals surface area (Å²) in [5.74, 6) is 1.48. The van der Waals surface area contributed by atoms with Gasteiger partial charge in [-0.15, -0.1) is 0 Å². The fourth-order valence-corrected chi connectivity index (χ4v) is 4.28. The van der Waals surface area contributed by atoms with Crippen molar-refractivity contribution in [2.24, 2.45) is 28.6 Å². The van der Waals surface area contributed by atoms with Gasteiger partial charge in [-0.1, -0.05) is 59.7 Å². The van der Waals surface area contributed by atoms with Gasteiger partial charge in [0, 0.05) is 11.6 Å². The molecule has 1 aromatic carbocycles. The van der Waals surface area contributed by atoms with E-state index in [4.69, 9.17) is 4.74 Å². The molecule has 3 nitrogen and oxygen atoms in total. The number of para-hydroxylation sites is 1. The molecule has 2 aromatic rings. The number of aromatic nitrogens is 1. The lowest BCUT2D eigenvalue weighted by Crippen LogP contribution is -2.39. The third-order valence-electron chi connectivity index (χ3n) is 6.30. The Morgan fingerprint density at radius 3 is 2.11 bits per heavy atom. The molecule has 0 unspecified atom stereocenters. The highest BCUT2D eigenvalue weighted by Gasteiger charge is 2.42. The predicted octanol–water partition coefficient (Wildman–Crippen LogP) is 6.26. The van der Waals surface area contributed by atoms with Crippen LogP contribution in [0.15, 0.2) is 36.5 Å². The molecule has 0 spiro atoms. The third-order valence-corrected chi connectivity index (χ3v) is 6.30. The summed E-state index contributed by atoms with van der Waals surface area (Å²) in [4.78, 5) is 17.5. The van der Waals surface area contributed by atoms with Gasteiger partial charge in [0.2, 0.25) is 0 Å². The van der Waals surface area contributed by atoms with Crippen molar-refractivity contribution in [3.05, 3.63) is 36.5 Å². The first-order valence-corrected chi connectivity index (χ1v) is 10.1. The maximum Gasteiger partial charge on any atom is 0.314 e. The Morgan fingerprint density at radius 1 is 0.926 bits per heavy atom. The monoisotopic (exact) mass is 367 g/mol. The van der Waals surface area contributed by atoms with Crippen LogP contribution in [0.2, 0.25) is 0 Å². The van der Waals surface area contributed by atoms with E-state index in [1.165, 1.54) is 6.42 Å². The number of ether oxygens (including phenoxy) is 1. The second kappa shape index (κ2) is 7.26. The molecule has 1 fully saturated rings. The zero-order valence-corrected chi connectivity index (χ0v) is 17.6. The largest absolute Gasteiger partial charge is 0.424 e. The molecule has 0 N–H and O–H groups in total. The zero-order chi connectivity index (χ0) is 19.8. The van der Waals surface area contributed by atoms with Gasteiger partial charge in [-0.2, -0.15) is 0 Å². The standard InChI is InChI=1S/C24H33NO2/c1-23(2,3)18-13-17(14-19(15-18)24(4,5)6)22(26)27-20-11-7-9-16-10-8-12-25-21(16)20/h7-12,17-19H,13-15H2,1-6H3/t18-,19-/m1/s1. The van der Waals surface area contributed by atoms with Crippen molar-refractivity contribution in [1.82, 2.24) is 4.98 Å². The van der Waals surface area contributed by atoms with Crippen LogP contribution in [0.4, 0.5) is 0 Å². The van der Waals surface area contributed by atoms with Crippen LogP contribution in [0.3, 0.4) is 0 Å². The van der Waals surface area contributed by atoms with Crippen molar-refractivity contribution in [3.8, 4) is 5.75 Å². The molecular weight excluding hydrogens is 334 g/mol. The van der Waals surface area contributed by atoms with Gasteiger partial charge in [-0.05, 0) is 54.1 Å². The smallest absolute Gasteiger partial charge is 0.314 e. The molecule has 3 rings (SSSR count). The third kappa shape index (κ3) is 4.51. The van der Waals surface area contributed by atoms with Crippen LogP contribution in [0.25, 0.3) is 10.9 Å². The van der Waals surface area contributed by atoms with Crippen molar-refractivity contribution in [2.45, 2.75) is 60.8 Å². The van der Waals surface area contributed by atoms with Gasteiger partial charge in [0.05, 0.1) is 5.92 Å². The topological polar surface area (TPSA) is 39.2 Å². The van der Waals surface area contributed by atoms with Gasteiger partial charge < -0.3 is 4.74 Å². The van der Waals surface area contributed by atoms with Crippen molar-refractivity contribution >= 4 is 16.9 Å². The van der Waals surface area contributed by atoms with Crippen LogP contribution < -0.4 is 4.74 Å². The Balaban J connectivity index is 1.83. The molecule has 146 valence electrons. The van der Waals surface area contributed by atoms with E-state index in [9.17, 15) is 4.79 Å². The number of fused-ring (bicyclic) bond motifs is 1. The van der Waals surface area contributed by atoms with Gasteiger partial charge in [0.1, 0.15) is 5.52 Å². The van der Waals surface area contributed by atoms with Crippen LogP contribution in [-0.2, 0) is 4.79 Å². The summed E-state index contributed by atoms with van der Waals surface area (Å²) >= 11 is 0. The number of hydrogen-bond donors (Lipinski definition) is 0. The Bertz CT molecular complexity index is 786. The molecule has 27 heavy (non-hydrogen) atoms. The van der Waals surface area contributed by atoms with Gasteiger partial charge in [-0.25, -0.2) is 0 Å². The van der Waals surface area contributed by atoms with Crippen molar-refractivity contribution in [2.75, 3.05) is 0 Å². The lowest BCUT2D eigenvalue weighted by molar-refractivity contribution is -0.142. The molecule has 1 heterocycles. The molecule has 0 aliphatic heterocycles. The Hall–Kier alpha value is -1.90. The minimum absolute atomic E-state index is 0.0498. The van der Waals surface area contributed by atoms with E-state index in [2.05, 4.69) is 46.5 Å². The highest BCUT2D eigenvalue weighted by molar-refractivity contribution is 5.87. The second-order valence-electron chi connectivity index (χ2n) is 10.3. The Kier molecular flexibility index (Phi) is 5.33. The maximum absolute atomic E-state index is 13.1. The first kappa shape index (κ1) is 19.9. The summed E-state index contributed by atoms with van der Waals surface area (Å²) in [6.45, 7) is 13.7. The number of esters is 1. The molecule has 1 aromatic heterocycles. The summed E-state index contributed by atoms with van der Waals surface area (Å²) in [7, 11) is 0. The molecule has 3 heteroatoms. The average Bonchev–Trinajstić information content (AvgIpc) is 2.60. The molecular formula is C24H33NO2. The van der Waals surface area contributed by atoms with Crippen molar-refractivity contribution in [3.63, 3.8) is 0 Å². The quantitative estimate of drug-likeness (QED) is 0.464. The molecule has 1 aliphatic carbocycles. The first-order valence-electron chi connectivity index (χ1n) is 10.1. The molecule has 0 amide bonds. The van der Waals surface area contributed by atoms with E-state index in [0.717, 1.165) is 23.7 Å². The van der Waals surface area contributed by atoms with E-state index in [-0.39, 0.29) is 22.7 Å². The van der Waals surface area contributed by atoms with Crippen LogP contribution >= 0.6 is 0 Å². The first-order chi connectivity index (χ1) is 12.6. The summed E-state index contributed by atoms with van der Waals surface area (Å²) < 4.78 is 5.89. The highest BCUT2D eigenvalue weighted by atomic mass is 16.5. The average molecular weight is 368 g/mol. The van der Waals surface area contributed by atoms with Gasteiger partial charge in [0.25, 0.3) is 0 Å². The summed E-state index contributed by atoms with van der Waals surface area (Å²) in [5.41, 5.74) is 1.15. The normalized spacial score (nSPS) is 24.0. The van der Waals surface area contributed by atoms with Crippen LogP contribution in [0, 0.1) is 28.6 Å². The fraction of sp³-hybridized carbons (Fsp3) is 0.583. The summed E-state index contributed by atoms with van der Waals surface area (Å²) in [5, 5.41) is 0.992. The number of nitrogens with zero attached hydrogens (tertiary/aromatic N) is 1. The predicted molar refractivity (Wildman–Crippen MR) is 111 cm³/mol. The SMILES string of the molecule is CC(C)(C)[C@@H]1CC(C(=O)Oc2cccc3cccnc23)C[C@@H](C(C)(C)C)C1. The van der Waals surface area contributed by atoms with Gasteiger partial charge in [-0.3, -0.25) is 9.78 Å². The minimum Gasteiger partial charge on any atom is -0.424 e. The van der Waals surface area contributed by atoms with Crippen LogP contribution in [0.1, 0.15) is 60.8 Å². The number of carbonyl (C=O) groups excluding carboxylic acids is 1. The number of hydrogen-bond acceptors (Lipinski definition) is 3. The lowest BCUT2D eigenvalue weighted by atomic mass is 9.60. The summed E-state index contributed by atoms with van der Waals surface area (Å²) in [6, 6.07) is 9.65. The number of carbonyl (C=O) groups is 1. The number of benzene rings is 1. The molecule has 0 radical (unpaired) electrons. The number of pyridine rings is 1. The fourth-order valence-electron chi connectivity index (χ4n) is 4.28. The molecule has 0 bridgehead atoms. The highest BCUT2D eigenvalue weighted by Crippen LogP contribution is 2.48. The van der Waals surface area contributed by atoms with Gasteiger partial charge >= 0.3 is 5.97 Å². The van der Waals surface area contributed by atoms with Crippen molar-refractivity contribution in [1.29, 1.82) is 0 Å². The molecule has 0 saturated heterocycles. The van der Waals surface area contributed by atoms with Crippen molar-refractivity contribution < 1.29 is 9.53 Å². The van der Waals surface area contributed by atoms with E-state index in [1.54, 1.807) is 6.20 Å². The molecule has 1 aliphatic rings. The zero-order valence-electron chi connectivity index (χ0n) is 17.6. The second-order valence-corrected chi connectivity index (χ2v) is 10.3. The maximum atomic E-state index is 13.1. The lowest BCUT2D eigenvalue weighted by Gasteiger charge is -2.45. The van der Waals surface area contributed by atoms with Crippen LogP contribution in [0.5, 0.6) is 5.75 Å². The van der Waals surface area contributed by atoms with Crippen LogP contribution in [-0.4, -0.2) is 11.0 Å². The Morgan fingerprint density at radius 2 is 1.52 bits per heavy atom. The van der Waals surface area contributed by atoms with E-state index < -0.39 is 0 Å². The van der Waals surface area contributed by atoms with E-state index >= 15 is 0 Å². The summed E-state index contributed by atoms with van der Waals surface area (Å²) in [6.07, 6.45) is 4.75. The number of rotatable bonds is 2. The van der Waals surface area contributed by atoms with E-state index in [0.29, 0.717) is 17.6 Å². The molecule has 2 atom stereocenters. The molecule has 1 saturated carbocycles. The Labute approximate surface area is 163 Å².